The van der Waals surface area contributed by atoms with Gasteiger partial charge in [-0.25, -0.2) is 0 Å². The quantitative estimate of drug-likeness (QED) is 0.888. The number of nitrogens with one attached hydrogen (secondary N) is 2. The van der Waals surface area contributed by atoms with Crippen molar-refractivity contribution < 1.29 is 14.3 Å². The minimum atomic E-state index is -0.423. The van der Waals surface area contributed by atoms with Gasteiger partial charge in [-0.05, 0) is 51.5 Å². The third-order valence-electron chi connectivity index (χ3n) is 2.86. The zero-order chi connectivity index (χ0) is 14.8. The number of carbonyl (C=O) groups excluding carboxylic acids is 2. The van der Waals surface area contributed by atoms with E-state index < -0.39 is 6.04 Å². The van der Waals surface area contributed by atoms with Gasteiger partial charge in [0.05, 0.1) is 0 Å². The van der Waals surface area contributed by atoms with Gasteiger partial charge in [-0.1, -0.05) is 0 Å². The molecule has 1 aromatic rings. The largest absolute Gasteiger partial charge is 0.488 e. The fourth-order valence-corrected chi connectivity index (χ4v) is 2.00. The standard InChI is InChI=1S/C15H20N2O3/c1-15(2,3)20-11-6-4-10(5-7-11)16-14(19)12-8-9-13(18)17-12/h4-7,12H,8-9H2,1-3H3,(H,16,19)(H,17,18). The Balaban J connectivity index is 1.93. The van der Waals surface area contributed by atoms with E-state index in [0.717, 1.165) is 5.75 Å². The molecule has 5 nitrogen and oxygen atoms in total. The highest BCUT2D eigenvalue weighted by Crippen LogP contribution is 2.21. The summed E-state index contributed by atoms with van der Waals surface area (Å²) in [5.74, 6) is 0.504. The molecule has 0 aliphatic carbocycles. The molecule has 0 saturated carbocycles. The lowest BCUT2D eigenvalue weighted by Gasteiger charge is -2.21. The number of benzene rings is 1. The van der Waals surface area contributed by atoms with Crippen LogP contribution in [0.2, 0.25) is 0 Å². The van der Waals surface area contributed by atoms with Crippen LogP contribution in [0.15, 0.2) is 24.3 Å². The maximum atomic E-state index is 11.9. The highest BCUT2D eigenvalue weighted by molar-refractivity contribution is 5.98. The second-order valence-electron chi connectivity index (χ2n) is 5.89. The molecule has 2 rings (SSSR count). The maximum absolute atomic E-state index is 11.9. The molecule has 0 radical (unpaired) electrons. The molecule has 0 spiro atoms. The SMILES string of the molecule is CC(C)(C)Oc1ccc(NC(=O)C2CCC(=O)N2)cc1. The van der Waals surface area contributed by atoms with Gasteiger partial charge in [-0.2, -0.15) is 0 Å². The Hall–Kier alpha value is -2.04. The van der Waals surface area contributed by atoms with Crippen molar-refractivity contribution in [2.75, 3.05) is 5.32 Å². The van der Waals surface area contributed by atoms with Crippen LogP contribution in [-0.4, -0.2) is 23.5 Å². The zero-order valence-corrected chi connectivity index (χ0v) is 12.0. The number of anilines is 1. The summed E-state index contributed by atoms with van der Waals surface area (Å²) in [4.78, 5) is 23.0. The van der Waals surface area contributed by atoms with E-state index in [1.807, 2.05) is 32.9 Å². The van der Waals surface area contributed by atoms with E-state index in [1.54, 1.807) is 12.1 Å². The Morgan fingerprint density at radius 1 is 1.30 bits per heavy atom. The molecule has 1 fully saturated rings. The molecular formula is C15H20N2O3. The van der Waals surface area contributed by atoms with E-state index in [4.69, 9.17) is 4.74 Å². The molecule has 5 heteroatoms. The molecule has 1 aliphatic rings. The highest BCUT2D eigenvalue weighted by Gasteiger charge is 2.27. The highest BCUT2D eigenvalue weighted by atomic mass is 16.5. The second-order valence-corrected chi connectivity index (χ2v) is 5.89. The Morgan fingerprint density at radius 3 is 2.45 bits per heavy atom. The summed E-state index contributed by atoms with van der Waals surface area (Å²) in [5, 5.41) is 5.43. The average molecular weight is 276 g/mol. The summed E-state index contributed by atoms with van der Waals surface area (Å²) in [6.45, 7) is 5.93. The van der Waals surface area contributed by atoms with Gasteiger partial charge >= 0.3 is 0 Å². The molecule has 20 heavy (non-hydrogen) atoms. The van der Waals surface area contributed by atoms with Gasteiger partial charge in [0.25, 0.3) is 0 Å². The Kier molecular flexibility index (Phi) is 3.97. The minimum Gasteiger partial charge on any atom is -0.488 e. The van der Waals surface area contributed by atoms with E-state index in [0.29, 0.717) is 18.5 Å². The predicted octanol–water partition coefficient (Wildman–Crippen LogP) is 2.08. The first-order valence-electron chi connectivity index (χ1n) is 6.73. The lowest BCUT2D eigenvalue weighted by Crippen LogP contribution is -2.37. The summed E-state index contributed by atoms with van der Waals surface area (Å²) in [5.41, 5.74) is 0.441. The topological polar surface area (TPSA) is 67.4 Å². The molecule has 1 unspecified atom stereocenters. The van der Waals surface area contributed by atoms with Crippen LogP contribution < -0.4 is 15.4 Å². The lowest BCUT2D eigenvalue weighted by molar-refractivity contribution is -0.122. The van der Waals surface area contributed by atoms with Crippen molar-refractivity contribution in [3.05, 3.63) is 24.3 Å². The van der Waals surface area contributed by atoms with Crippen molar-refractivity contribution in [1.29, 1.82) is 0 Å². The Labute approximate surface area is 118 Å². The van der Waals surface area contributed by atoms with Crippen LogP contribution >= 0.6 is 0 Å². The smallest absolute Gasteiger partial charge is 0.246 e. The van der Waals surface area contributed by atoms with E-state index in [1.165, 1.54) is 0 Å². The number of hydrogen-bond donors (Lipinski definition) is 2. The molecule has 0 bridgehead atoms. The normalized spacial score (nSPS) is 18.6. The number of hydrogen-bond acceptors (Lipinski definition) is 3. The van der Waals surface area contributed by atoms with E-state index in [-0.39, 0.29) is 17.4 Å². The van der Waals surface area contributed by atoms with Gasteiger partial charge in [0.15, 0.2) is 0 Å². The Morgan fingerprint density at radius 2 is 1.95 bits per heavy atom. The van der Waals surface area contributed by atoms with Crippen LogP contribution in [0.4, 0.5) is 5.69 Å². The molecule has 1 aromatic carbocycles. The van der Waals surface area contributed by atoms with Crippen molar-refractivity contribution in [3.63, 3.8) is 0 Å². The van der Waals surface area contributed by atoms with Crippen molar-refractivity contribution in [2.24, 2.45) is 0 Å². The fraction of sp³-hybridized carbons (Fsp3) is 0.467. The first-order valence-corrected chi connectivity index (χ1v) is 6.73. The van der Waals surface area contributed by atoms with Crippen molar-refractivity contribution >= 4 is 17.5 Å². The summed E-state index contributed by atoms with van der Waals surface area (Å²) < 4.78 is 5.71. The second kappa shape index (κ2) is 5.53. The number of rotatable bonds is 3. The van der Waals surface area contributed by atoms with Gasteiger partial charge in [-0.15, -0.1) is 0 Å². The molecule has 1 atom stereocenters. The van der Waals surface area contributed by atoms with E-state index in [2.05, 4.69) is 10.6 Å². The van der Waals surface area contributed by atoms with Crippen LogP contribution in [0.1, 0.15) is 33.6 Å². The van der Waals surface area contributed by atoms with Crippen molar-refractivity contribution in [2.45, 2.75) is 45.3 Å². The van der Waals surface area contributed by atoms with Crippen molar-refractivity contribution in [3.8, 4) is 5.75 Å². The molecule has 2 N–H and O–H groups in total. The first-order chi connectivity index (χ1) is 9.33. The number of amides is 2. The van der Waals surface area contributed by atoms with E-state index >= 15 is 0 Å². The average Bonchev–Trinajstić information content (AvgIpc) is 2.77. The number of ether oxygens (including phenoxy) is 1. The molecule has 1 aliphatic heterocycles. The van der Waals surface area contributed by atoms with Gasteiger partial charge < -0.3 is 15.4 Å². The molecule has 1 saturated heterocycles. The molecule has 0 aromatic heterocycles. The maximum Gasteiger partial charge on any atom is 0.246 e. The van der Waals surface area contributed by atoms with Crippen LogP contribution in [0, 0.1) is 0 Å². The summed E-state index contributed by atoms with van der Waals surface area (Å²) in [6, 6.07) is 6.78. The molecule has 2 amide bonds. The summed E-state index contributed by atoms with van der Waals surface area (Å²) in [6.07, 6.45) is 0.965. The monoisotopic (exact) mass is 276 g/mol. The molecular weight excluding hydrogens is 256 g/mol. The summed E-state index contributed by atoms with van der Waals surface area (Å²) in [7, 11) is 0. The van der Waals surface area contributed by atoms with Crippen molar-refractivity contribution in [1.82, 2.24) is 5.32 Å². The van der Waals surface area contributed by atoms with Gasteiger partial charge in [0.1, 0.15) is 17.4 Å². The third kappa shape index (κ3) is 3.98. The van der Waals surface area contributed by atoms with Gasteiger partial charge in [0.2, 0.25) is 11.8 Å². The lowest BCUT2D eigenvalue weighted by atomic mass is 10.2. The predicted molar refractivity (Wildman–Crippen MR) is 76.6 cm³/mol. The molecule has 108 valence electrons. The van der Waals surface area contributed by atoms with Gasteiger partial charge in [0, 0.05) is 12.1 Å². The minimum absolute atomic E-state index is 0.0703. The first kappa shape index (κ1) is 14.4. The van der Waals surface area contributed by atoms with Crippen LogP contribution in [0.5, 0.6) is 5.75 Å². The number of carbonyl (C=O) groups is 2. The Bertz CT molecular complexity index is 503. The van der Waals surface area contributed by atoms with Crippen LogP contribution in [0.3, 0.4) is 0 Å². The zero-order valence-electron chi connectivity index (χ0n) is 12.0. The third-order valence-corrected chi connectivity index (χ3v) is 2.86. The summed E-state index contributed by atoms with van der Waals surface area (Å²) >= 11 is 0. The molecule has 1 heterocycles. The van der Waals surface area contributed by atoms with Crippen LogP contribution in [0.25, 0.3) is 0 Å². The van der Waals surface area contributed by atoms with Gasteiger partial charge in [-0.3, -0.25) is 9.59 Å². The fourth-order valence-electron chi connectivity index (χ4n) is 2.00. The van der Waals surface area contributed by atoms with E-state index in [9.17, 15) is 9.59 Å². The van der Waals surface area contributed by atoms with Crippen LogP contribution in [-0.2, 0) is 9.59 Å².